The Hall–Kier alpha value is -1.30. The van der Waals surface area contributed by atoms with E-state index in [-0.39, 0.29) is 0 Å². The molecule has 0 unspecified atom stereocenters. The molecule has 0 fully saturated rings. The van der Waals surface area contributed by atoms with Crippen LogP contribution in [0, 0.1) is 22.7 Å². The van der Waals surface area contributed by atoms with Crippen LogP contribution in [0.2, 0.25) is 0 Å². The number of carbonyl (C=O) groups is 1. The Bertz CT molecular complexity index is 299. The van der Waals surface area contributed by atoms with E-state index in [1.54, 1.807) is 0 Å². The maximum absolute atomic E-state index is 11.6. The minimum Gasteiger partial charge on any atom is -0.468 e. The van der Waals surface area contributed by atoms with Crippen LogP contribution in [0.25, 0.3) is 0 Å². The first-order chi connectivity index (χ1) is 6.94. The van der Waals surface area contributed by atoms with Crippen LogP contribution in [0.3, 0.4) is 0 Å². The monoisotopic (exact) mass is 209 g/mol. The Labute approximate surface area is 91.7 Å². The number of hydrogen-bond donors (Lipinski definition) is 0. The third-order valence-electron chi connectivity index (χ3n) is 2.51. The van der Waals surface area contributed by atoms with Crippen LogP contribution >= 0.6 is 0 Å². The molecular formula is C12H19NO2. The van der Waals surface area contributed by atoms with Crippen molar-refractivity contribution in [3.63, 3.8) is 0 Å². The fourth-order valence-corrected chi connectivity index (χ4v) is 1.61. The second-order valence-corrected chi connectivity index (χ2v) is 3.96. The highest BCUT2D eigenvalue weighted by molar-refractivity contribution is 5.83. The number of esters is 1. The van der Waals surface area contributed by atoms with E-state index >= 15 is 0 Å². The second kappa shape index (κ2) is 5.55. The summed E-state index contributed by atoms with van der Waals surface area (Å²) >= 11 is 0. The smallest absolute Gasteiger partial charge is 0.330 e. The topological polar surface area (TPSA) is 50.1 Å². The van der Waals surface area contributed by atoms with Crippen molar-refractivity contribution in [1.29, 1.82) is 5.26 Å². The maximum atomic E-state index is 11.6. The molecule has 0 aliphatic carbocycles. The molecule has 0 rings (SSSR count). The van der Waals surface area contributed by atoms with E-state index in [4.69, 9.17) is 10.00 Å². The van der Waals surface area contributed by atoms with Crippen LogP contribution in [0.15, 0.2) is 11.6 Å². The molecule has 1 atom stereocenters. The lowest BCUT2D eigenvalue weighted by atomic mass is 9.78. The standard InChI is InChI=1S/C12H19NO2/c1-6-12(8-13,11(14)15-5)10(4)7-9(2)3/h7,9H,6H2,1-5H3/b10-7+/t12-/m1/s1. The first-order valence-corrected chi connectivity index (χ1v) is 5.13. The maximum Gasteiger partial charge on any atom is 0.330 e. The summed E-state index contributed by atoms with van der Waals surface area (Å²) in [5.74, 6) is -0.157. The average Bonchev–Trinajstić information content (AvgIpc) is 2.19. The lowest BCUT2D eigenvalue weighted by molar-refractivity contribution is -0.147. The summed E-state index contributed by atoms with van der Waals surface area (Å²) in [7, 11) is 1.31. The lowest BCUT2D eigenvalue weighted by Crippen LogP contribution is -2.31. The van der Waals surface area contributed by atoms with Gasteiger partial charge in [-0.2, -0.15) is 5.26 Å². The van der Waals surface area contributed by atoms with Gasteiger partial charge in [-0.1, -0.05) is 26.8 Å². The zero-order valence-corrected chi connectivity index (χ0v) is 10.1. The number of carbonyl (C=O) groups excluding carboxylic acids is 1. The van der Waals surface area contributed by atoms with Gasteiger partial charge in [0.05, 0.1) is 13.2 Å². The summed E-state index contributed by atoms with van der Waals surface area (Å²) in [6, 6.07) is 2.08. The first kappa shape index (κ1) is 13.7. The zero-order chi connectivity index (χ0) is 12.1. The van der Waals surface area contributed by atoms with Gasteiger partial charge in [-0.25, -0.2) is 4.79 Å². The molecule has 0 saturated heterocycles. The molecule has 3 nitrogen and oxygen atoms in total. The molecule has 0 amide bonds. The summed E-state index contributed by atoms with van der Waals surface area (Å²) in [6.45, 7) is 7.65. The van der Waals surface area contributed by atoms with Crippen LogP contribution in [-0.2, 0) is 9.53 Å². The van der Waals surface area contributed by atoms with Crippen LogP contribution in [0.4, 0.5) is 0 Å². The average molecular weight is 209 g/mol. The molecule has 0 N–H and O–H groups in total. The molecule has 0 aliphatic rings. The van der Waals surface area contributed by atoms with Crippen molar-refractivity contribution in [2.24, 2.45) is 11.3 Å². The third kappa shape index (κ3) is 2.82. The number of nitrogens with zero attached hydrogens (tertiary/aromatic N) is 1. The Morgan fingerprint density at radius 2 is 2.13 bits per heavy atom. The largest absolute Gasteiger partial charge is 0.468 e. The first-order valence-electron chi connectivity index (χ1n) is 5.13. The highest BCUT2D eigenvalue weighted by Gasteiger charge is 2.40. The number of ether oxygens (including phenoxy) is 1. The number of allylic oxidation sites excluding steroid dienone is 1. The van der Waals surface area contributed by atoms with E-state index in [1.807, 2.05) is 33.8 Å². The minimum absolute atomic E-state index is 0.314. The molecule has 0 bridgehead atoms. The van der Waals surface area contributed by atoms with E-state index in [0.29, 0.717) is 12.3 Å². The molecule has 0 aromatic carbocycles. The van der Waals surface area contributed by atoms with Gasteiger partial charge in [0.15, 0.2) is 5.41 Å². The van der Waals surface area contributed by atoms with Gasteiger partial charge in [-0.05, 0) is 24.8 Å². The van der Waals surface area contributed by atoms with Crippen molar-refractivity contribution in [3.05, 3.63) is 11.6 Å². The zero-order valence-electron chi connectivity index (χ0n) is 10.1. The van der Waals surface area contributed by atoms with Gasteiger partial charge in [0, 0.05) is 0 Å². The third-order valence-corrected chi connectivity index (χ3v) is 2.51. The molecule has 0 spiro atoms. The van der Waals surface area contributed by atoms with Crippen molar-refractivity contribution >= 4 is 5.97 Å². The van der Waals surface area contributed by atoms with Crippen molar-refractivity contribution < 1.29 is 9.53 Å². The summed E-state index contributed by atoms with van der Waals surface area (Å²) in [6.07, 6.45) is 2.37. The molecule has 84 valence electrons. The number of methoxy groups -OCH3 is 1. The molecule has 0 radical (unpaired) electrons. The highest BCUT2D eigenvalue weighted by atomic mass is 16.5. The molecule has 0 heterocycles. The van der Waals surface area contributed by atoms with E-state index in [2.05, 4.69) is 6.07 Å². The Kier molecular flexibility index (Phi) is 5.07. The molecule has 0 saturated carbocycles. The Balaban J connectivity index is 5.31. The Morgan fingerprint density at radius 3 is 2.40 bits per heavy atom. The molecule has 15 heavy (non-hydrogen) atoms. The summed E-state index contributed by atoms with van der Waals surface area (Å²) < 4.78 is 4.70. The van der Waals surface area contributed by atoms with Crippen LogP contribution < -0.4 is 0 Å². The predicted molar refractivity (Wildman–Crippen MR) is 58.9 cm³/mol. The van der Waals surface area contributed by atoms with Crippen LogP contribution in [0.5, 0.6) is 0 Å². The summed E-state index contributed by atoms with van der Waals surface area (Å²) in [5, 5.41) is 9.17. The van der Waals surface area contributed by atoms with E-state index in [9.17, 15) is 4.79 Å². The van der Waals surface area contributed by atoms with E-state index < -0.39 is 11.4 Å². The normalized spacial score (nSPS) is 15.7. The van der Waals surface area contributed by atoms with Gasteiger partial charge in [0.1, 0.15) is 0 Å². The number of hydrogen-bond acceptors (Lipinski definition) is 3. The second-order valence-electron chi connectivity index (χ2n) is 3.96. The minimum atomic E-state index is -1.11. The highest BCUT2D eigenvalue weighted by Crippen LogP contribution is 2.32. The van der Waals surface area contributed by atoms with Crippen LogP contribution in [0.1, 0.15) is 34.1 Å². The van der Waals surface area contributed by atoms with Gasteiger partial charge in [0.2, 0.25) is 0 Å². The van der Waals surface area contributed by atoms with Gasteiger partial charge < -0.3 is 4.74 Å². The molecule has 0 aromatic rings. The van der Waals surface area contributed by atoms with Gasteiger partial charge in [0.25, 0.3) is 0 Å². The van der Waals surface area contributed by atoms with E-state index in [1.165, 1.54) is 7.11 Å². The predicted octanol–water partition coefficient (Wildman–Crippen LogP) is 2.68. The SMILES string of the molecule is CC[C@](C#N)(C(=O)OC)/C(C)=C/C(C)C. The summed E-state index contributed by atoms with van der Waals surface area (Å²) in [4.78, 5) is 11.6. The molecule has 0 aromatic heterocycles. The van der Waals surface area contributed by atoms with Gasteiger partial charge in [-0.3, -0.25) is 0 Å². The van der Waals surface area contributed by atoms with E-state index in [0.717, 1.165) is 5.57 Å². The quantitative estimate of drug-likeness (QED) is 0.528. The van der Waals surface area contributed by atoms with Crippen molar-refractivity contribution in [2.75, 3.05) is 7.11 Å². The Morgan fingerprint density at radius 1 is 1.60 bits per heavy atom. The van der Waals surface area contributed by atoms with Gasteiger partial charge in [-0.15, -0.1) is 0 Å². The lowest BCUT2D eigenvalue weighted by Gasteiger charge is -2.23. The fourth-order valence-electron chi connectivity index (χ4n) is 1.61. The molecular weight excluding hydrogens is 190 g/mol. The van der Waals surface area contributed by atoms with Crippen molar-refractivity contribution in [1.82, 2.24) is 0 Å². The van der Waals surface area contributed by atoms with Gasteiger partial charge >= 0.3 is 5.97 Å². The van der Waals surface area contributed by atoms with Crippen molar-refractivity contribution in [2.45, 2.75) is 34.1 Å². The molecule has 0 aliphatic heterocycles. The summed E-state index contributed by atoms with van der Waals surface area (Å²) in [5.41, 5.74) is -0.340. The van der Waals surface area contributed by atoms with Crippen molar-refractivity contribution in [3.8, 4) is 6.07 Å². The molecule has 3 heteroatoms. The van der Waals surface area contributed by atoms with Crippen LogP contribution in [-0.4, -0.2) is 13.1 Å². The number of nitriles is 1. The number of rotatable bonds is 4. The fraction of sp³-hybridized carbons (Fsp3) is 0.667.